The third-order valence-electron chi connectivity index (χ3n) is 1.91. The van der Waals surface area contributed by atoms with Crippen LogP contribution in [0.25, 0.3) is 0 Å². The number of hydrogen-bond donors (Lipinski definition) is 0. The van der Waals surface area contributed by atoms with Gasteiger partial charge in [-0.3, -0.25) is 4.79 Å². The molecule has 0 saturated heterocycles. The van der Waals surface area contributed by atoms with Crippen molar-refractivity contribution < 1.29 is 17.9 Å². The Hall–Kier alpha value is -0.420. The molecule has 0 saturated carbocycles. The number of hydrogen-bond acceptors (Lipinski definition) is 4. The lowest BCUT2D eigenvalue weighted by atomic mass is 10.2. The van der Waals surface area contributed by atoms with E-state index in [9.17, 15) is 13.2 Å². The van der Waals surface area contributed by atoms with Crippen LogP contribution in [0.4, 0.5) is 0 Å². The van der Waals surface area contributed by atoms with Crippen molar-refractivity contribution in [3.8, 4) is 0 Å². The predicted octanol–water partition coefficient (Wildman–Crippen LogP) is 0.805. The standard InChI is InChI=1S/C9H18O4S/c1-8(2)14(11,12)6-4-5-9(10)7-13-3/h8H,4-7H2,1-3H3. The van der Waals surface area contributed by atoms with Crippen LogP contribution in [0.15, 0.2) is 0 Å². The van der Waals surface area contributed by atoms with E-state index in [1.165, 1.54) is 7.11 Å². The van der Waals surface area contributed by atoms with Crippen molar-refractivity contribution >= 4 is 15.6 Å². The maximum atomic E-state index is 11.3. The van der Waals surface area contributed by atoms with Crippen LogP contribution in [0.1, 0.15) is 26.7 Å². The first kappa shape index (κ1) is 13.6. The summed E-state index contributed by atoms with van der Waals surface area (Å²) in [5.74, 6) is 0.0339. The summed E-state index contributed by atoms with van der Waals surface area (Å²) in [7, 11) is -1.55. The average Bonchev–Trinajstić information content (AvgIpc) is 2.04. The smallest absolute Gasteiger partial charge is 0.158 e. The second kappa shape index (κ2) is 6.14. The minimum atomic E-state index is -3.00. The number of ketones is 1. The molecule has 0 aromatic rings. The molecular weight excluding hydrogens is 204 g/mol. The zero-order valence-corrected chi connectivity index (χ0v) is 9.76. The van der Waals surface area contributed by atoms with E-state index in [0.717, 1.165) is 0 Å². The Balaban J connectivity index is 3.80. The van der Waals surface area contributed by atoms with Gasteiger partial charge in [0, 0.05) is 13.5 Å². The molecule has 0 rings (SSSR count). The highest BCUT2D eigenvalue weighted by Crippen LogP contribution is 2.04. The van der Waals surface area contributed by atoms with E-state index in [2.05, 4.69) is 4.74 Å². The summed E-state index contributed by atoms with van der Waals surface area (Å²) in [5.41, 5.74) is 0. The molecule has 0 aliphatic heterocycles. The van der Waals surface area contributed by atoms with E-state index in [1.807, 2.05) is 0 Å². The molecule has 84 valence electrons. The molecule has 0 amide bonds. The minimum Gasteiger partial charge on any atom is -0.377 e. The number of carbonyl (C=O) groups excluding carboxylic acids is 1. The lowest BCUT2D eigenvalue weighted by molar-refractivity contribution is -0.122. The molecule has 0 fully saturated rings. The molecule has 0 atom stereocenters. The summed E-state index contributed by atoms with van der Waals surface area (Å²) in [6, 6.07) is 0. The Morgan fingerprint density at radius 3 is 2.36 bits per heavy atom. The number of carbonyl (C=O) groups is 1. The van der Waals surface area contributed by atoms with Crippen molar-refractivity contribution in [1.29, 1.82) is 0 Å². The van der Waals surface area contributed by atoms with Gasteiger partial charge in [0.15, 0.2) is 15.6 Å². The van der Waals surface area contributed by atoms with Gasteiger partial charge in [0.2, 0.25) is 0 Å². The molecule has 5 heteroatoms. The van der Waals surface area contributed by atoms with Crippen LogP contribution in [-0.2, 0) is 19.4 Å². The SMILES string of the molecule is COCC(=O)CCCS(=O)(=O)C(C)C. The third kappa shape index (κ3) is 5.34. The lowest BCUT2D eigenvalue weighted by Gasteiger charge is -2.06. The molecule has 0 unspecified atom stereocenters. The maximum Gasteiger partial charge on any atom is 0.158 e. The van der Waals surface area contributed by atoms with Gasteiger partial charge in [-0.2, -0.15) is 0 Å². The molecule has 0 heterocycles. The van der Waals surface area contributed by atoms with Gasteiger partial charge < -0.3 is 4.74 Å². The summed E-state index contributed by atoms with van der Waals surface area (Å²) in [4.78, 5) is 11.0. The normalized spacial score (nSPS) is 12.0. The molecule has 0 aromatic carbocycles. The fourth-order valence-electron chi connectivity index (χ4n) is 0.939. The Kier molecular flexibility index (Phi) is 5.95. The summed E-state index contributed by atoms with van der Waals surface area (Å²) in [6.07, 6.45) is 0.669. The molecule has 0 aliphatic rings. The van der Waals surface area contributed by atoms with E-state index in [0.29, 0.717) is 6.42 Å². The summed E-state index contributed by atoms with van der Waals surface area (Å²) < 4.78 is 27.3. The van der Waals surface area contributed by atoms with E-state index in [4.69, 9.17) is 0 Å². The summed E-state index contributed by atoms with van der Waals surface area (Å²) >= 11 is 0. The Bertz CT molecular complexity index is 267. The van der Waals surface area contributed by atoms with Crippen LogP contribution in [-0.4, -0.2) is 38.9 Å². The van der Waals surface area contributed by atoms with Crippen molar-refractivity contribution in [3.63, 3.8) is 0 Å². The van der Waals surface area contributed by atoms with Crippen LogP contribution < -0.4 is 0 Å². The minimum absolute atomic E-state index is 0.0496. The third-order valence-corrected chi connectivity index (χ3v) is 4.20. The Morgan fingerprint density at radius 1 is 1.36 bits per heavy atom. The van der Waals surface area contributed by atoms with Crippen LogP contribution in [0, 0.1) is 0 Å². The number of ether oxygens (including phenoxy) is 1. The van der Waals surface area contributed by atoms with E-state index >= 15 is 0 Å². The number of Topliss-reactive ketones (excluding diaryl/α,β-unsaturated/α-hetero) is 1. The molecule has 0 bridgehead atoms. The van der Waals surface area contributed by atoms with Crippen molar-refractivity contribution in [2.75, 3.05) is 19.5 Å². The van der Waals surface area contributed by atoms with Gasteiger partial charge in [-0.25, -0.2) is 8.42 Å². The average molecular weight is 222 g/mol. The van der Waals surface area contributed by atoms with Gasteiger partial charge in [0.1, 0.15) is 6.61 Å². The van der Waals surface area contributed by atoms with Gasteiger partial charge >= 0.3 is 0 Å². The largest absolute Gasteiger partial charge is 0.377 e. The molecule has 0 aromatic heterocycles. The first-order valence-electron chi connectivity index (χ1n) is 4.62. The van der Waals surface area contributed by atoms with Crippen molar-refractivity contribution in [2.45, 2.75) is 31.9 Å². The number of rotatable bonds is 7. The van der Waals surface area contributed by atoms with Gasteiger partial charge in [0.05, 0.1) is 11.0 Å². The fourth-order valence-corrected chi connectivity index (χ4v) is 1.96. The zero-order valence-electron chi connectivity index (χ0n) is 8.95. The molecule has 0 N–H and O–H groups in total. The van der Waals surface area contributed by atoms with Crippen molar-refractivity contribution in [1.82, 2.24) is 0 Å². The Labute approximate surface area is 85.6 Å². The summed E-state index contributed by atoms with van der Waals surface area (Å²) in [5, 5.41) is -0.361. The number of methoxy groups -OCH3 is 1. The summed E-state index contributed by atoms with van der Waals surface area (Å²) in [6.45, 7) is 3.36. The second-order valence-corrected chi connectivity index (χ2v) is 6.17. The zero-order chi connectivity index (χ0) is 11.2. The highest BCUT2D eigenvalue weighted by atomic mass is 32.2. The fraction of sp³-hybridized carbons (Fsp3) is 0.889. The maximum absolute atomic E-state index is 11.3. The number of sulfone groups is 1. The van der Waals surface area contributed by atoms with Crippen LogP contribution in [0.3, 0.4) is 0 Å². The van der Waals surface area contributed by atoms with E-state index in [1.54, 1.807) is 13.8 Å². The van der Waals surface area contributed by atoms with Crippen LogP contribution in [0.5, 0.6) is 0 Å². The van der Waals surface area contributed by atoms with E-state index < -0.39 is 9.84 Å². The topological polar surface area (TPSA) is 60.4 Å². The van der Waals surface area contributed by atoms with Gasteiger partial charge in [-0.1, -0.05) is 0 Å². The first-order valence-corrected chi connectivity index (χ1v) is 6.34. The van der Waals surface area contributed by atoms with E-state index in [-0.39, 0.29) is 29.8 Å². The van der Waals surface area contributed by atoms with Crippen LogP contribution in [0.2, 0.25) is 0 Å². The highest BCUT2D eigenvalue weighted by molar-refractivity contribution is 7.91. The lowest BCUT2D eigenvalue weighted by Crippen LogP contribution is -2.18. The van der Waals surface area contributed by atoms with Gasteiger partial charge in [-0.15, -0.1) is 0 Å². The first-order chi connectivity index (χ1) is 6.40. The molecule has 0 spiro atoms. The molecule has 0 aliphatic carbocycles. The molecule has 14 heavy (non-hydrogen) atoms. The molecule has 0 radical (unpaired) electrons. The van der Waals surface area contributed by atoms with Gasteiger partial charge in [-0.05, 0) is 20.3 Å². The highest BCUT2D eigenvalue weighted by Gasteiger charge is 2.15. The van der Waals surface area contributed by atoms with Crippen LogP contribution >= 0.6 is 0 Å². The van der Waals surface area contributed by atoms with Gasteiger partial charge in [0.25, 0.3) is 0 Å². The van der Waals surface area contributed by atoms with Crippen molar-refractivity contribution in [3.05, 3.63) is 0 Å². The Morgan fingerprint density at radius 2 is 1.93 bits per heavy atom. The molecular formula is C9H18O4S. The quantitative estimate of drug-likeness (QED) is 0.639. The molecule has 4 nitrogen and oxygen atoms in total. The van der Waals surface area contributed by atoms with Crippen molar-refractivity contribution in [2.24, 2.45) is 0 Å². The predicted molar refractivity (Wildman–Crippen MR) is 55.0 cm³/mol. The second-order valence-electron chi connectivity index (χ2n) is 3.49. The monoisotopic (exact) mass is 222 g/mol.